The zero-order valence-electron chi connectivity index (χ0n) is 9.69. The fourth-order valence-corrected chi connectivity index (χ4v) is 1.86. The van der Waals surface area contributed by atoms with Gasteiger partial charge in [0.2, 0.25) is 0 Å². The molecule has 90 valence electrons. The highest BCUT2D eigenvalue weighted by molar-refractivity contribution is 5.29. The van der Waals surface area contributed by atoms with E-state index in [2.05, 4.69) is 5.10 Å². The van der Waals surface area contributed by atoms with Gasteiger partial charge in [0.15, 0.2) is 6.29 Å². The maximum atomic E-state index is 5.77. The molecule has 0 amide bonds. The maximum absolute atomic E-state index is 5.77. The van der Waals surface area contributed by atoms with Crippen LogP contribution in [0, 0.1) is 6.92 Å². The van der Waals surface area contributed by atoms with Gasteiger partial charge in [-0.2, -0.15) is 5.10 Å². The van der Waals surface area contributed by atoms with Crippen LogP contribution in [0.2, 0.25) is 0 Å². The summed E-state index contributed by atoms with van der Waals surface area (Å²) in [4.78, 5) is 0. The highest BCUT2D eigenvalue weighted by Crippen LogP contribution is 2.13. The minimum absolute atomic E-state index is 0.0355. The molecule has 1 aliphatic heterocycles. The van der Waals surface area contributed by atoms with Crippen molar-refractivity contribution in [2.75, 3.05) is 18.9 Å². The number of nitrogens with two attached hydrogens (primary N) is 1. The van der Waals surface area contributed by atoms with E-state index in [1.54, 1.807) is 4.68 Å². The van der Waals surface area contributed by atoms with Crippen LogP contribution in [-0.2, 0) is 16.0 Å². The van der Waals surface area contributed by atoms with E-state index >= 15 is 0 Å². The van der Waals surface area contributed by atoms with Crippen molar-refractivity contribution in [1.82, 2.24) is 9.78 Å². The fraction of sp³-hybridized carbons (Fsp3) is 0.727. The lowest BCUT2D eigenvalue weighted by atomic mass is 10.2. The zero-order chi connectivity index (χ0) is 11.4. The number of rotatable bonds is 4. The van der Waals surface area contributed by atoms with Crippen LogP contribution in [0.25, 0.3) is 0 Å². The SMILES string of the molecule is Cc1cc(N)n(CCOC2CCCCO2)n1. The van der Waals surface area contributed by atoms with Gasteiger partial charge in [-0.1, -0.05) is 0 Å². The minimum Gasteiger partial charge on any atom is -0.384 e. The van der Waals surface area contributed by atoms with Crippen molar-refractivity contribution in [2.45, 2.75) is 39.0 Å². The van der Waals surface area contributed by atoms with Gasteiger partial charge in [-0.15, -0.1) is 0 Å². The van der Waals surface area contributed by atoms with Gasteiger partial charge in [-0.05, 0) is 26.2 Å². The summed E-state index contributed by atoms with van der Waals surface area (Å²) in [6, 6.07) is 1.86. The third-order valence-electron chi connectivity index (χ3n) is 2.68. The molecule has 0 radical (unpaired) electrons. The number of anilines is 1. The van der Waals surface area contributed by atoms with Gasteiger partial charge in [0.25, 0.3) is 0 Å². The number of aromatic nitrogens is 2. The molecule has 0 aliphatic carbocycles. The van der Waals surface area contributed by atoms with E-state index in [4.69, 9.17) is 15.2 Å². The minimum atomic E-state index is -0.0355. The number of ether oxygens (including phenoxy) is 2. The summed E-state index contributed by atoms with van der Waals surface area (Å²) >= 11 is 0. The number of aryl methyl sites for hydroxylation is 1. The Morgan fingerprint density at radius 3 is 3.12 bits per heavy atom. The molecular formula is C11H19N3O2. The van der Waals surface area contributed by atoms with Crippen molar-refractivity contribution >= 4 is 5.82 Å². The molecule has 1 unspecified atom stereocenters. The van der Waals surface area contributed by atoms with Crippen LogP contribution in [-0.4, -0.2) is 29.3 Å². The maximum Gasteiger partial charge on any atom is 0.157 e. The van der Waals surface area contributed by atoms with Crippen molar-refractivity contribution in [3.63, 3.8) is 0 Å². The molecule has 1 aliphatic rings. The van der Waals surface area contributed by atoms with Crippen LogP contribution in [0.4, 0.5) is 5.82 Å². The van der Waals surface area contributed by atoms with E-state index in [9.17, 15) is 0 Å². The Morgan fingerprint density at radius 1 is 1.62 bits per heavy atom. The summed E-state index contributed by atoms with van der Waals surface area (Å²) in [6.07, 6.45) is 3.29. The molecular weight excluding hydrogens is 206 g/mol. The molecule has 16 heavy (non-hydrogen) atoms. The molecule has 2 rings (SSSR count). The van der Waals surface area contributed by atoms with Crippen LogP contribution in [0.1, 0.15) is 25.0 Å². The summed E-state index contributed by atoms with van der Waals surface area (Å²) in [5.74, 6) is 0.686. The Hall–Kier alpha value is -1.07. The molecule has 0 spiro atoms. The van der Waals surface area contributed by atoms with Gasteiger partial charge >= 0.3 is 0 Å². The van der Waals surface area contributed by atoms with Gasteiger partial charge in [0, 0.05) is 12.7 Å². The quantitative estimate of drug-likeness (QED) is 0.839. The Labute approximate surface area is 95.5 Å². The van der Waals surface area contributed by atoms with Crippen molar-refractivity contribution in [2.24, 2.45) is 0 Å². The van der Waals surface area contributed by atoms with Crippen LogP contribution < -0.4 is 5.73 Å². The van der Waals surface area contributed by atoms with Gasteiger partial charge in [0.1, 0.15) is 5.82 Å². The largest absolute Gasteiger partial charge is 0.384 e. The van der Waals surface area contributed by atoms with Crippen molar-refractivity contribution in [3.8, 4) is 0 Å². The Kier molecular flexibility index (Phi) is 3.79. The number of hydrogen-bond donors (Lipinski definition) is 1. The van der Waals surface area contributed by atoms with Gasteiger partial charge in [0.05, 0.1) is 18.8 Å². The Balaban J connectivity index is 1.73. The molecule has 2 heterocycles. The highest BCUT2D eigenvalue weighted by Gasteiger charge is 2.13. The van der Waals surface area contributed by atoms with Crippen molar-refractivity contribution in [3.05, 3.63) is 11.8 Å². The smallest absolute Gasteiger partial charge is 0.157 e. The Bertz CT molecular complexity index is 332. The van der Waals surface area contributed by atoms with Crippen molar-refractivity contribution < 1.29 is 9.47 Å². The van der Waals surface area contributed by atoms with Crippen LogP contribution in [0.3, 0.4) is 0 Å². The first kappa shape index (κ1) is 11.4. The zero-order valence-corrected chi connectivity index (χ0v) is 9.69. The predicted octanol–water partition coefficient (Wildman–Crippen LogP) is 1.32. The van der Waals surface area contributed by atoms with E-state index in [0.717, 1.165) is 25.1 Å². The lowest BCUT2D eigenvalue weighted by Crippen LogP contribution is -2.24. The first-order chi connectivity index (χ1) is 7.75. The van der Waals surface area contributed by atoms with Gasteiger partial charge < -0.3 is 15.2 Å². The van der Waals surface area contributed by atoms with E-state index in [1.807, 2.05) is 13.0 Å². The molecule has 1 saturated heterocycles. The molecule has 5 heteroatoms. The molecule has 5 nitrogen and oxygen atoms in total. The number of nitrogen functional groups attached to an aromatic ring is 1. The highest BCUT2D eigenvalue weighted by atomic mass is 16.7. The summed E-state index contributed by atoms with van der Waals surface area (Å²) < 4.78 is 12.8. The second kappa shape index (κ2) is 5.32. The molecule has 0 aromatic carbocycles. The molecule has 2 N–H and O–H groups in total. The normalized spacial score (nSPS) is 21.2. The third kappa shape index (κ3) is 2.96. The van der Waals surface area contributed by atoms with Crippen LogP contribution in [0.15, 0.2) is 6.07 Å². The molecule has 0 saturated carbocycles. The van der Waals surface area contributed by atoms with Gasteiger partial charge in [-0.25, -0.2) is 4.68 Å². The summed E-state index contributed by atoms with van der Waals surface area (Å²) in [7, 11) is 0. The first-order valence-corrected chi connectivity index (χ1v) is 5.79. The fourth-order valence-electron chi connectivity index (χ4n) is 1.86. The predicted molar refractivity (Wildman–Crippen MR) is 60.9 cm³/mol. The molecule has 1 atom stereocenters. The van der Waals surface area contributed by atoms with Crippen LogP contribution >= 0.6 is 0 Å². The van der Waals surface area contributed by atoms with Crippen molar-refractivity contribution in [1.29, 1.82) is 0 Å². The monoisotopic (exact) mass is 225 g/mol. The molecule has 1 aromatic heterocycles. The van der Waals surface area contributed by atoms with E-state index in [1.165, 1.54) is 6.42 Å². The van der Waals surface area contributed by atoms with E-state index in [0.29, 0.717) is 19.0 Å². The average Bonchev–Trinajstić information content (AvgIpc) is 2.59. The molecule has 0 bridgehead atoms. The third-order valence-corrected chi connectivity index (χ3v) is 2.68. The van der Waals surface area contributed by atoms with Crippen LogP contribution in [0.5, 0.6) is 0 Å². The topological polar surface area (TPSA) is 62.3 Å². The van der Waals surface area contributed by atoms with E-state index in [-0.39, 0.29) is 6.29 Å². The summed E-state index contributed by atoms with van der Waals surface area (Å²) in [5, 5.41) is 4.26. The van der Waals surface area contributed by atoms with Gasteiger partial charge in [-0.3, -0.25) is 0 Å². The average molecular weight is 225 g/mol. The van der Waals surface area contributed by atoms with E-state index < -0.39 is 0 Å². The molecule has 1 fully saturated rings. The summed E-state index contributed by atoms with van der Waals surface area (Å²) in [6.45, 7) is 4.02. The second-order valence-electron chi connectivity index (χ2n) is 4.10. The standard InChI is InChI=1S/C11H19N3O2/c1-9-8-10(12)14(13-9)5-7-16-11-4-2-3-6-15-11/h8,11H,2-7,12H2,1H3. The first-order valence-electron chi connectivity index (χ1n) is 5.79. The molecule has 1 aromatic rings. The summed E-state index contributed by atoms with van der Waals surface area (Å²) in [5.41, 5.74) is 6.71. The second-order valence-corrected chi connectivity index (χ2v) is 4.10. The lowest BCUT2D eigenvalue weighted by Gasteiger charge is -2.22. The number of nitrogens with zero attached hydrogens (tertiary/aromatic N) is 2. The Morgan fingerprint density at radius 2 is 2.50 bits per heavy atom. The number of hydrogen-bond acceptors (Lipinski definition) is 4. The lowest BCUT2D eigenvalue weighted by molar-refractivity contribution is -0.163.